The molecule has 0 spiro atoms. The van der Waals surface area contributed by atoms with E-state index in [1.807, 2.05) is 18.2 Å². The van der Waals surface area contributed by atoms with Crippen LogP contribution in [0.15, 0.2) is 72.8 Å². The van der Waals surface area contributed by atoms with Crippen molar-refractivity contribution in [1.82, 2.24) is 15.3 Å². The van der Waals surface area contributed by atoms with Gasteiger partial charge in [0.05, 0.1) is 11.0 Å². The van der Waals surface area contributed by atoms with Gasteiger partial charge in [-0.25, -0.2) is 14.2 Å². The molecule has 4 rings (SSSR count). The number of aromatic amines is 1. The van der Waals surface area contributed by atoms with E-state index in [1.54, 1.807) is 42.5 Å². The smallest absolute Gasteiger partial charge is 0.319 e. The van der Waals surface area contributed by atoms with E-state index in [2.05, 4.69) is 25.9 Å². The van der Waals surface area contributed by atoms with Gasteiger partial charge in [0.15, 0.2) is 0 Å². The number of rotatable bonds is 6. The number of benzene rings is 3. The summed E-state index contributed by atoms with van der Waals surface area (Å²) in [5, 5.41) is 8.15. The molecule has 1 heterocycles. The second-order valence-electron chi connectivity index (χ2n) is 6.87. The predicted molar refractivity (Wildman–Crippen MR) is 118 cm³/mol. The molecular formula is C23H20FN5O2. The highest BCUT2D eigenvalue weighted by atomic mass is 19.1. The molecule has 156 valence electrons. The van der Waals surface area contributed by atoms with Crippen molar-refractivity contribution in [2.45, 2.75) is 6.42 Å². The summed E-state index contributed by atoms with van der Waals surface area (Å²) in [4.78, 5) is 31.7. The zero-order chi connectivity index (χ0) is 21.6. The minimum atomic E-state index is -0.369. The Balaban J connectivity index is 1.31. The maximum Gasteiger partial charge on any atom is 0.319 e. The van der Waals surface area contributed by atoms with Crippen LogP contribution in [-0.2, 0) is 4.79 Å². The van der Waals surface area contributed by atoms with Gasteiger partial charge in [-0.15, -0.1) is 0 Å². The van der Waals surface area contributed by atoms with Crippen LogP contribution in [0.2, 0.25) is 0 Å². The number of amides is 3. The van der Waals surface area contributed by atoms with Crippen molar-refractivity contribution in [3.05, 3.63) is 78.6 Å². The molecule has 3 amide bonds. The Morgan fingerprint density at radius 1 is 0.903 bits per heavy atom. The average Bonchev–Trinajstić information content (AvgIpc) is 3.18. The van der Waals surface area contributed by atoms with Crippen molar-refractivity contribution in [1.29, 1.82) is 0 Å². The molecule has 7 nitrogen and oxygen atoms in total. The monoisotopic (exact) mass is 417 g/mol. The lowest BCUT2D eigenvalue weighted by Crippen LogP contribution is -2.31. The summed E-state index contributed by atoms with van der Waals surface area (Å²) in [6.07, 6.45) is 0.129. The molecule has 0 saturated carbocycles. The summed E-state index contributed by atoms with van der Waals surface area (Å²) in [7, 11) is 0. The third-order valence-electron chi connectivity index (χ3n) is 4.55. The van der Waals surface area contributed by atoms with Crippen molar-refractivity contribution < 1.29 is 14.0 Å². The van der Waals surface area contributed by atoms with Gasteiger partial charge in [0.1, 0.15) is 11.6 Å². The number of para-hydroxylation sites is 1. The molecule has 1 aromatic heterocycles. The topological polar surface area (TPSA) is 98.9 Å². The van der Waals surface area contributed by atoms with Gasteiger partial charge in [0, 0.05) is 29.9 Å². The van der Waals surface area contributed by atoms with Crippen molar-refractivity contribution >= 4 is 34.3 Å². The van der Waals surface area contributed by atoms with E-state index >= 15 is 0 Å². The molecule has 0 radical (unpaired) electrons. The number of imidazole rings is 1. The van der Waals surface area contributed by atoms with E-state index < -0.39 is 0 Å². The van der Waals surface area contributed by atoms with Crippen LogP contribution in [0, 0.1) is 5.82 Å². The van der Waals surface area contributed by atoms with Crippen LogP contribution in [0.1, 0.15) is 6.42 Å². The number of halogens is 1. The Bertz CT molecular complexity index is 1210. The molecule has 4 aromatic rings. The summed E-state index contributed by atoms with van der Waals surface area (Å²) < 4.78 is 13.1. The van der Waals surface area contributed by atoms with Crippen LogP contribution in [0.3, 0.4) is 0 Å². The average molecular weight is 417 g/mol. The summed E-state index contributed by atoms with van der Waals surface area (Å²) in [5.74, 6) is 0.0848. The number of nitrogens with zero attached hydrogens (tertiary/aromatic N) is 1. The zero-order valence-electron chi connectivity index (χ0n) is 16.5. The zero-order valence-corrected chi connectivity index (χ0v) is 16.5. The number of carbonyl (C=O) groups excluding carboxylic acids is 2. The molecule has 0 aliphatic heterocycles. The molecule has 0 saturated heterocycles. The number of fused-ring (bicyclic) bond motifs is 1. The van der Waals surface area contributed by atoms with Gasteiger partial charge < -0.3 is 20.9 Å². The fourth-order valence-electron chi connectivity index (χ4n) is 3.04. The number of hydrogen-bond donors (Lipinski definition) is 4. The van der Waals surface area contributed by atoms with Crippen LogP contribution in [-0.4, -0.2) is 28.5 Å². The summed E-state index contributed by atoms with van der Waals surface area (Å²) in [6.45, 7) is 0.200. The molecule has 0 aliphatic carbocycles. The second-order valence-corrected chi connectivity index (χ2v) is 6.87. The lowest BCUT2D eigenvalue weighted by atomic mass is 10.2. The lowest BCUT2D eigenvalue weighted by Gasteiger charge is -2.08. The van der Waals surface area contributed by atoms with E-state index in [-0.39, 0.29) is 30.7 Å². The van der Waals surface area contributed by atoms with Gasteiger partial charge in [0.2, 0.25) is 5.91 Å². The molecule has 0 fully saturated rings. The minimum absolute atomic E-state index is 0.129. The van der Waals surface area contributed by atoms with Crippen LogP contribution < -0.4 is 16.0 Å². The number of carbonyl (C=O) groups is 2. The lowest BCUT2D eigenvalue weighted by molar-refractivity contribution is -0.116. The first kappa shape index (κ1) is 20.1. The normalized spacial score (nSPS) is 10.6. The molecule has 0 atom stereocenters. The Morgan fingerprint density at radius 3 is 2.45 bits per heavy atom. The van der Waals surface area contributed by atoms with E-state index in [0.717, 1.165) is 16.6 Å². The Labute approximate surface area is 177 Å². The third kappa shape index (κ3) is 5.24. The first-order chi connectivity index (χ1) is 15.1. The Hall–Kier alpha value is -4.20. The summed E-state index contributed by atoms with van der Waals surface area (Å²) >= 11 is 0. The third-order valence-corrected chi connectivity index (χ3v) is 4.55. The van der Waals surface area contributed by atoms with Crippen LogP contribution >= 0.6 is 0 Å². The highest BCUT2D eigenvalue weighted by molar-refractivity contribution is 5.94. The number of hydrogen-bond acceptors (Lipinski definition) is 3. The fraction of sp³-hybridized carbons (Fsp3) is 0.0870. The van der Waals surface area contributed by atoms with Gasteiger partial charge in [-0.3, -0.25) is 4.79 Å². The Kier molecular flexibility index (Phi) is 5.89. The summed E-state index contributed by atoms with van der Waals surface area (Å²) in [5.41, 5.74) is 3.54. The van der Waals surface area contributed by atoms with Crippen molar-refractivity contribution in [3.8, 4) is 11.4 Å². The maximum atomic E-state index is 13.1. The van der Waals surface area contributed by atoms with E-state index in [4.69, 9.17) is 0 Å². The van der Waals surface area contributed by atoms with E-state index in [0.29, 0.717) is 17.2 Å². The van der Waals surface area contributed by atoms with E-state index in [9.17, 15) is 14.0 Å². The van der Waals surface area contributed by atoms with Gasteiger partial charge >= 0.3 is 6.03 Å². The fourth-order valence-corrected chi connectivity index (χ4v) is 3.04. The Morgan fingerprint density at radius 2 is 1.68 bits per heavy atom. The van der Waals surface area contributed by atoms with Crippen LogP contribution in [0.5, 0.6) is 0 Å². The molecule has 31 heavy (non-hydrogen) atoms. The molecule has 0 unspecified atom stereocenters. The van der Waals surface area contributed by atoms with Gasteiger partial charge in [-0.05, 0) is 54.6 Å². The SMILES string of the molecule is O=C(CCNC(=O)Nc1ccccc1)Nc1ccc2nc(-c3ccc(F)cc3)[nH]c2c1. The first-order valence-corrected chi connectivity index (χ1v) is 9.72. The van der Waals surface area contributed by atoms with Crippen LogP contribution in [0.25, 0.3) is 22.4 Å². The van der Waals surface area contributed by atoms with Crippen molar-refractivity contribution in [2.24, 2.45) is 0 Å². The van der Waals surface area contributed by atoms with Gasteiger partial charge in [-0.1, -0.05) is 18.2 Å². The highest BCUT2D eigenvalue weighted by Crippen LogP contribution is 2.23. The summed E-state index contributed by atoms with van der Waals surface area (Å²) in [6, 6.07) is 20.1. The first-order valence-electron chi connectivity index (χ1n) is 9.72. The molecule has 0 aliphatic rings. The number of anilines is 2. The molecule has 0 bridgehead atoms. The van der Waals surface area contributed by atoms with E-state index in [1.165, 1.54) is 12.1 Å². The molecule has 8 heteroatoms. The molecular weight excluding hydrogens is 397 g/mol. The van der Waals surface area contributed by atoms with Crippen LogP contribution in [0.4, 0.5) is 20.6 Å². The second kappa shape index (κ2) is 9.08. The standard InChI is InChI=1S/C23H20FN5O2/c24-16-8-6-15(7-9-16)22-28-19-11-10-18(14-20(19)29-22)26-21(30)12-13-25-23(31)27-17-4-2-1-3-5-17/h1-11,14H,12-13H2,(H,26,30)(H,28,29)(H2,25,27,31). The van der Waals surface area contributed by atoms with Crippen molar-refractivity contribution in [2.75, 3.05) is 17.2 Å². The van der Waals surface area contributed by atoms with Gasteiger partial charge in [-0.2, -0.15) is 0 Å². The highest BCUT2D eigenvalue weighted by Gasteiger charge is 2.09. The van der Waals surface area contributed by atoms with Crippen molar-refractivity contribution in [3.63, 3.8) is 0 Å². The number of H-pyrrole nitrogens is 1. The predicted octanol–water partition coefficient (Wildman–Crippen LogP) is 4.52. The quantitative estimate of drug-likeness (QED) is 0.371. The molecule has 4 N–H and O–H groups in total. The number of aromatic nitrogens is 2. The number of nitrogens with one attached hydrogen (secondary N) is 4. The minimum Gasteiger partial charge on any atom is -0.338 e. The largest absolute Gasteiger partial charge is 0.338 e. The van der Waals surface area contributed by atoms with Gasteiger partial charge in [0.25, 0.3) is 0 Å². The maximum absolute atomic E-state index is 13.1. The molecule has 3 aromatic carbocycles. The number of urea groups is 1.